The molecule has 17 heavy (non-hydrogen) atoms. The Kier molecular flexibility index (Phi) is 12.6. The molecule has 8 nitrogen and oxygen atoms in total. The van der Waals surface area contributed by atoms with Crippen LogP contribution in [0.5, 0.6) is 0 Å². The Hall–Kier alpha value is -1.83. The van der Waals surface area contributed by atoms with E-state index in [2.05, 4.69) is 20.1 Å². The molecule has 0 aliphatic carbocycles. The monoisotopic (exact) mass is 250 g/mol. The second kappa shape index (κ2) is 12.2. The van der Waals surface area contributed by atoms with Crippen molar-refractivity contribution in [3.8, 4) is 0 Å². The quantitative estimate of drug-likeness (QED) is 0.177. The highest BCUT2D eigenvalue weighted by Gasteiger charge is 2.14. The molecular weight excluding hydrogens is 232 g/mol. The van der Waals surface area contributed by atoms with Gasteiger partial charge in [-0.15, -0.1) is 0 Å². The van der Waals surface area contributed by atoms with E-state index in [1.165, 1.54) is 0 Å². The summed E-state index contributed by atoms with van der Waals surface area (Å²) < 4.78 is 13.0. The molecule has 0 aromatic rings. The fraction of sp³-hybridized carbons (Fsp3) is 0.667. The first-order chi connectivity index (χ1) is 8.03. The number of rotatable bonds is 3. The van der Waals surface area contributed by atoms with E-state index in [1.54, 1.807) is 26.2 Å². The average molecular weight is 250 g/mol. The Morgan fingerprint density at radius 1 is 0.882 bits per heavy atom. The number of nitrogens with one attached hydrogen (secondary N) is 1. The Bertz CT molecular complexity index is 228. The molecular formula is C9H18N2O6. The maximum atomic E-state index is 10.4. The second-order valence-corrected chi connectivity index (χ2v) is 2.31. The number of hydrogen-bond donors (Lipinski definition) is 2. The van der Waals surface area contributed by atoms with Crippen LogP contribution in [0.3, 0.4) is 0 Å². The van der Waals surface area contributed by atoms with Gasteiger partial charge in [0.05, 0.1) is 19.8 Å². The van der Waals surface area contributed by atoms with Crippen LogP contribution in [0.2, 0.25) is 0 Å². The maximum Gasteiger partial charge on any atom is 0.421 e. The second-order valence-electron chi connectivity index (χ2n) is 2.31. The highest BCUT2D eigenvalue weighted by atomic mass is 16.6. The van der Waals surface area contributed by atoms with Gasteiger partial charge in [0.1, 0.15) is 0 Å². The molecule has 0 atom stereocenters. The first-order valence-corrected chi connectivity index (χ1v) is 5.00. The summed E-state index contributed by atoms with van der Waals surface area (Å²) in [4.78, 5) is 30.8. The lowest BCUT2D eigenvalue weighted by atomic mass is 10.7. The van der Waals surface area contributed by atoms with E-state index < -0.39 is 18.0 Å². The van der Waals surface area contributed by atoms with E-state index in [-0.39, 0.29) is 13.2 Å². The molecule has 0 aromatic carbocycles. The van der Waals surface area contributed by atoms with Crippen LogP contribution in [0.15, 0.2) is 0 Å². The first kappa shape index (κ1) is 17.6. The molecule has 0 spiro atoms. The molecule has 0 aliphatic heterocycles. The zero-order chi connectivity index (χ0) is 13.7. The predicted octanol–water partition coefficient (Wildman–Crippen LogP) is -0.281. The Morgan fingerprint density at radius 2 is 1.24 bits per heavy atom. The Morgan fingerprint density at radius 3 is 1.41 bits per heavy atom. The van der Waals surface area contributed by atoms with E-state index in [1.807, 2.05) is 0 Å². The third-order valence-electron chi connectivity index (χ3n) is 1.11. The number of carbonyl (C=O) groups excluding carboxylic acids is 3. The lowest BCUT2D eigenvalue weighted by Gasteiger charge is -1.99. The summed E-state index contributed by atoms with van der Waals surface area (Å²) >= 11 is 0. The highest BCUT2D eigenvalue weighted by Crippen LogP contribution is 1.82. The molecule has 0 heterocycles. The number of hydrogen-bond acceptors (Lipinski definition) is 7. The number of amides is 1. The van der Waals surface area contributed by atoms with Crippen molar-refractivity contribution in [3.05, 3.63) is 0 Å². The summed E-state index contributed by atoms with van der Waals surface area (Å²) in [6.45, 7) is 5.68. The van der Waals surface area contributed by atoms with Crippen LogP contribution in [0.1, 0.15) is 20.8 Å². The molecule has 0 unspecified atom stereocenters. The van der Waals surface area contributed by atoms with Crippen LogP contribution >= 0.6 is 0 Å². The van der Waals surface area contributed by atoms with Gasteiger partial charge in [0, 0.05) is 0 Å². The maximum absolute atomic E-state index is 10.4. The van der Waals surface area contributed by atoms with Gasteiger partial charge in [-0.3, -0.25) is 5.43 Å². The molecule has 0 saturated heterocycles. The smallest absolute Gasteiger partial charge is 0.421 e. The van der Waals surface area contributed by atoms with Crippen LogP contribution in [-0.2, 0) is 23.8 Å². The van der Waals surface area contributed by atoms with Gasteiger partial charge in [-0.2, -0.15) is 0 Å². The number of ether oxygens (including phenoxy) is 3. The van der Waals surface area contributed by atoms with Gasteiger partial charge in [0.15, 0.2) is 0 Å². The van der Waals surface area contributed by atoms with Crippen LogP contribution in [0.4, 0.5) is 4.79 Å². The standard InChI is InChI=1S/C6H10O4.C3H8N2O2/c1-3-9-5(7)6(8)10-4-2;1-2-7-3(6)5-4/h3-4H2,1-2H3;2,4H2,1H3,(H,5,6). The van der Waals surface area contributed by atoms with Gasteiger partial charge in [-0.05, 0) is 20.8 Å². The first-order valence-electron chi connectivity index (χ1n) is 5.00. The van der Waals surface area contributed by atoms with Crippen molar-refractivity contribution >= 4 is 18.0 Å². The van der Waals surface area contributed by atoms with Gasteiger partial charge in [-0.25, -0.2) is 20.2 Å². The van der Waals surface area contributed by atoms with Crippen LogP contribution < -0.4 is 11.3 Å². The Balaban J connectivity index is 0. The summed E-state index contributed by atoms with van der Waals surface area (Å²) in [5.41, 5.74) is 1.80. The SMILES string of the molecule is CCOC(=O)C(=O)OCC.CCOC(=O)NN. The average Bonchev–Trinajstić information content (AvgIpc) is 2.30. The van der Waals surface area contributed by atoms with Gasteiger partial charge in [-0.1, -0.05) is 0 Å². The number of esters is 2. The normalized spacial score (nSPS) is 8.24. The third kappa shape index (κ3) is 12.1. The minimum absolute atomic E-state index is 0.192. The Labute approximate surface area is 99.3 Å². The molecule has 8 heteroatoms. The van der Waals surface area contributed by atoms with E-state index in [4.69, 9.17) is 0 Å². The van der Waals surface area contributed by atoms with E-state index >= 15 is 0 Å². The van der Waals surface area contributed by atoms with Crippen molar-refractivity contribution < 1.29 is 28.6 Å². The van der Waals surface area contributed by atoms with Gasteiger partial charge in [0.2, 0.25) is 0 Å². The minimum atomic E-state index is -0.927. The fourth-order valence-corrected chi connectivity index (χ4v) is 0.553. The molecule has 3 N–H and O–H groups in total. The molecule has 0 fully saturated rings. The summed E-state index contributed by atoms with van der Waals surface area (Å²) in [7, 11) is 0. The summed E-state index contributed by atoms with van der Waals surface area (Å²) in [6, 6.07) is 0. The molecule has 0 rings (SSSR count). The molecule has 0 radical (unpaired) electrons. The van der Waals surface area contributed by atoms with Crippen molar-refractivity contribution in [2.24, 2.45) is 5.84 Å². The van der Waals surface area contributed by atoms with Crippen molar-refractivity contribution in [3.63, 3.8) is 0 Å². The molecule has 100 valence electrons. The van der Waals surface area contributed by atoms with E-state index in [0.29, 0.717) is 6.61 Å². The van der Waals surface area contributed by atoms with Crippen molar-refractivity contribution in [1.82, 2.24) is 5.43 Å². The number of hydrazine groups is 1. The van der Waals surface area contributed by atoms with Gasteiger partial charge >= 0.3 is 18.0 Å². The lowest BCUT2D eigenvalue weighted by Crippen LogP contribution is -2.30. The van der Waals surface area contributed by atoms with E-state index in [9.17, 15) is 14.4 Å². The van der Waals surface area contributed by atoms with Crippen molar-refractivity contribution in [2.45, 2.75) is 20.8 Å². The summed E-state index contributed by atoms with van der Waals surface area (Å²) in [5.74, 6) is 2.78. The largest absolute Gasteiger partial charge is 0.458 e. The number of carbonyl (C=O) groups is 3. The summed E-state index contributed by atoms with van der Waals surface area (Å²) in [5, 5.41) is 0. The molecule has 0 bridgehead atoms. The number of nitrogens with two attached hydrogens (primary N) is 1. The third-order valence-corrected chi connectivity index (χ3v) is 1.11. The molecule has 1 amide bonds. The highest BCUT2D eigenvalue weighted by molar-refractivity contribution is 6.29. The minimum Gasteiger partial charge on any atom is -0.458 e. The lowest BCUT2D eigenvalue weighted by molar-refractivity contribution is -0.167. The van der Waals surface area contributed by atoms with E-state index in [0.717, 1.165) is 0 Å². The molecule has 0 saturated carbocycles. The van der Waals surface area contributed by atoms with Crippen LogP contribution in [0.25, 0.3) is 0 Å². The topological polar surface area (TPSA) is 117 Å². The van der Waals surface area contributed by atoms with Crippen LogP contribution in [0, 0.1) is 0 Å². The van der Waals surface area contributed by atoms with Crippen molar-refractivity contribution in [2.75, 3.05) is 19.8 Å². The zero-order valence-corrected chi connectivity index (χ0v) is 10.1. The predicted molar refractivity (Wildman–Crippen MR) is 57.6 cm³/mol. The summed E-state index contributed by atoms with van der Waals surface area (Å²) in [6.07, 6.45) is -0.595. The zero-order valence-electron chi connectivity index (χ0n) is 10.1. The van der Waals surface area contributed by atoms with Crippen LogP contribution in [-0.4, -0.2) is 37.9 Å². The van der Waals surface area contributed by atoms with Crippen molar-refractivity contribution in [1.29, 1.82) is 0 Å². The van der Waals surface area contributed by atoms with Gasteiger partial charge < -0.3 is 14.2 Å². The molecule has 0 aromatic heterocycles. The molecule has 0 aliphatic rings. The van der Waals surface area contributed by atoms with Gasteiger partial charge in [0.25, 0.3) is 0 Å². The fourth-order valence-electron chi connectivity index (χ4n) is 0.553.